The molecule has 1 aromatic carbocycles. The van der Waals surface area contributed by atoms with Gasteiger partial charge in [-0.05, 0) is 24.6 Å². The van der Waals surface area contributed by atoms with Crippen molar-refractivity contribution in [3.8, 4) is 11.5 Å². The van der Waals surface area contributed by atoms with Gasteiger partial charge in [0, 0.05) is 13.1 Å². The molecule has 1 heterocycles. The van der Waals surface area contributed by atoms with Gasteiger partial charge in [-0.2, -0.15) is 0 Å². The standard InChI is InChI=1S/C12H14ClNO3/c1-2-14(12(15)6-13)7-9-3-4-10-11(5-9)17-8-16-10/h3-5H,2,6-8H2,1H3. The molecular weight excluding hydrogens is 242 g/mol. The minimum atomic E-state index is -0.0631. The number of hydrogen-bond donors (Lipinski definition) is 0. The summed E-state index contributed by atoms with van der Waals surface area (Å²) in [4.78, 5) is 13.2. The van der Waals surface area contributed by atoms with Crippen LogP contribution in [0.5, 0.6) is 11.5 Å². The van der Waals surface area contributed by atoms with E-state index in [9.17, 15) is 4.79 Å². The zero-order valence-electron chi connectivity index (χ0n) is 9.61. The van der Waals surface area contributed by atoms with Gasteiger partial charge in [0.1, 0.15) is 5.88 Å². The van der Waals surface area contributed by atoms with Crippen LogP contribution >= 0.6 is 11.6 Å². The van der Waals surface area contributed by atoms with Gasteiger partial charge in [-0.15, -0.1) is 11.6 Å². The fourth-order valence-electron chi connectivity index (χ4n) is 1.72. The Balaban J connectivity index is 2.10. The molecule has 4 nitrogen and oxygen atoms in total. The van der Waals surface area contributed by atoms with Crippen LogP contribution in [-0.4, -0.2) is 30.0 Å². The highest BCUT2D eigenvalue weighted by molar-refractivity contribution is 6.27. The normalized spacial score (nSPS) is 12.6. The van der Waals surface area contributed by atoms with Gasteiger partial charge in [-0.1, -0.05) is 6.07 Å². The number of halogens is 1. The second-order valence-electron chi connectivity index (χ2n) is 3.73. The molecule has 0 radical (unpaired) electrons. The topological polar surface area (TPSA) is 38.8 Å². The summed E-state index contributed by atoms with van der Waals surface area (Å²) in [6, 6.07) is 5.68. The van der Waals surface area contributed by atoms with Crippen molar-refractivity contribution in [3.05, 3.63) is 23.8 Å². The maximum Gasteiger partial charge on any atom is 0.237 e. The van der Waals surface area contributed by atoms with E-state index in [2.05, 4.69) is 0 Å². The lowest BCUT2D eigenvalue weighted by atomic mass is 10.2. The second kappa shape index (κ2) is 5.27. The van der Waals surface area contributed by atoms with E-state index in [0.717, 1.165) is 17.1 Å². The van der Waals surface area contributed by atoms with Crippen LogP contribution in [0.4, 0.5) is 0 Å². The molecule has 2 rings (SSSR count). The van der Waals surface area contributed by atoms with Crippen molar-refractivity contribution in [3.63, 3.8) is 0 Å². The van der Waals surface area contributed by atoms with Crippen molar-refractivity contribution in [1.82, 2.24) is 4.90 Å². The van der Waals surface area contributed by atoms with Crippen molar-refractivity contribution in [2.75, 3.05) is 19.2 Å². The van der Waals surface area contributed by atoms with Crippen molar-refractivity contribution < 1.29 is 14.3 Å². The minimum absolute atomic E-state index is 0.0123. The SMILES string of the molecule is CCN(Cc1ccc2c(c1)OCO2)C(=O)CCl. The first-order valence-electron chi connectivity index (χ1n) is 5.47. The number of rotatable bonds is 4. The Kier molecular flexibility index (Phi) is 3.74. The third kappa shape index (κ3) is 2.64. The average molecular weight is 256 g/mol. The van der Waals surface area contributed by atoms with E-state index in [1.165, 1.54) is 0 Å². The van der Waals surface area contributed by atoms with E-state index >= 15 is 0 Å². The van der Waals surface area contributed by atoms with Gasteiger partial charge in [0.2, 0.25) is 12.7 Å². The van der Waals surface area contributed by atoms with Crippen LogP contribution in [0.1, 0.15) is 12.5 Å². The maximum absolute atomic E-state index is 11.5. The summed E-state index contributed by atoms with van der Waals surface area (Å²) >= 11 is 5.55. The van der Waals surface area contributed by atoms with Crippen LogP contribution < -0.4 is 9.47 Å². The maximum atomic E-state index is 11.5. The molecule has 1 aliphatic heterocycles. The highest BCUT2D eigenvalue weighted by Gasteiger charge is 2.15. The number of hydrogen-bond acceptors (Lipinski definition) is 3. The lowest BCUT2D eigenvalue weighted by molar-refractivity contribution is -0.128. The van der Waals surface area contributed by atoms with Crippen molar-refractivity contribution in [1.29, 1.82) is 0 Å². The van der Waals surface area contributed by atoms with Gasteiger partial charge >= 0.3 is 0 Å². The molecule has 0 fully saturated rings. The van der Waals surface area contributed by atoms with Crippen molar-refractivity contribution >= 4 is 17.5 Å². The molecule has 0 saturated carbocycles. The Hall–Kier alpha value is -1.42. The van der Waals surface area contributed by atoms with Crippen LogP contribution in [0.15, 0.2) is 18.2 Å². The van der Waals surface area contributed by atoms with E-state index < -0.39 is 0 Å². The third-order valence-electron chi connectivity index (χ3n) is 2.66. The van der Waals surface area contributed by atoms with E-state index in [-0.39, 0.29) is 18.6 Å². The molecule has 0 aromatic heterocycles. The Morgan fingerprint density at radius 1 is 1.41 bits per heavy atom. The molecule has 1 aliphatic rings. The number of ether oxygens (including phenoxy) is 2. The van der Waals surface area contributed by atoms with E-state index in [4.69, 9.17) is 21.1 Å². The smallest absolute Gasteiger partial charge is 0.237 e. The molecule has 1 aromatic rings. The molecule has 0 unspecified atom stereocenters. The van der Waals surface area contributed by atoms with Crippen molar-refractivity contribution in [2.24, 2.45) is 0 Å². The number of alkyl halides is 1. The van der Waals surface area contributed by atoms with Crippen LogP contribution in [0.25, 0.3) is 0 Å². The highest BCUT2D eigenvalue weighted by atomic mass is 35.5. The Morgan fingerprint density at radius 3 is 2.88 bits per heavy atom. The molecule has 0 aliphatic carbocycles. The second-order valence-corrected chi connectivity index (χ2v) is 4.00. The van der Waals surface area contributed by atoms with E-state index in [0.29, 0.717) is 13.1 Å². The molecule has 1 amide bonds. The summed E-state index contributed by atoms with van der Waals surface area (Å²) in [6.45, 7) is 3.37. The van der Waals surface area contributed by atoms with Crippen LogP contribution in [-0.2, 0) is 11.3 Å². The summed E-state index contributed by atoms with van der Waals surface area (Å²) in [5, 5.41) is 0. The summed E-state index contributed by atoms with van der Waals surface area (Å²) in [5.74, 6) is 1.43. The fourth-order valence-corrected chi connectivity index (χ4v) is 1.89. The lowest BCUT2D eigenvalue weighted by Gasteiger charge is -2.19. The number of carbonyl (C=O) groups excluding carboxylic acids is 1. The molecule has 92 valence electrons. The van der Waals surface area contributed by atoms with Gasteiger partial charge in [0.25, 0.3) is 0 Å². The predicted octanol–water partition coefficient (Wildman–Crippen LogP) is 2.00. The predicted molar refractivity (Wildman–Crippen MR) is 64.4 cm³/mol. The zero-order chi connectivity index (χ0) is 12.3. The van der Waals surface area contributed by atoms with E-state index in [1.54, 1.807) is 4.90 Å². The van der Waals surface area contributed by atoms with E-state index in [1.807, 2.05) is 25.1 Å². The molecule has 0 N–H and O–H groups in total. The van der Waals surface area contributed by atoms with Gasteiger partial charge in [0.05, 0.1) is 0 Å². The summed E-state index contributed by atoms with van der Waals surface area (Å²) in [6.07, 6.45) is 0. The Bertz CT molecular complexity index is 422. The monoisotopic (exact) mass is 255 g/mol. The lowest BCUT2D eigenvalue weighted by Crippen LogP contribution is -2.31. The summed E-state index contributed by atoms with van der Waals surface area (Å²) < 4.78 is 10.5. The molecule has 0 bridgehead atoms. The molecule has 0 spiro atoms. The summed E-state index contributed by atoms with van der Waals surface area (Å²) in [7, 11) is 0. The zero-order valence-corrected chi connectivity index (χ0v) is 10.4. The van der Waals surface area contributed by atoms with Gasteiger partial charge < -0.3 is 14.4 Å². The van der Waals surface area contributed by atoms with Gasteiger partial charge in [-0.3, -0.25) is 4.79 Å². The Labute approximate surface area is 105 Å². The molecule has 0 saturated heterocycles. The first-order chi connectivity index (χ1) is 8.24. The molecule has 17 heavy (non-hydrogen) atoms. The molecule has 0 atom stereocenters. The number of fused-ring (bicyclic) bond motifs is 1. The number of carbonyl (C=O) groups is 1. The van der Waals surface area contributed by atoms with Crippen LogP contribution in [0.3, 0.4) is 0 Å². The number of nitrogens with zero attached hydrogens (tertiary/aromatic N) is 1. The average Bonchev–Trinajstić information content (AvgIpc) is 2.82. The molecule has 5 heteroatoms. The first kappa shape index (κ1) is 12.0. The summed E-state index contributed by atoms with van der Waals surface area (Å²) in [5.41, 5.74) is 1.01. The van der Waals surface area contributed by atoms with Gasteiger partial charge in [0.15, 0.2) is 11.5 Å². The largest absolute Gasteiger partial charge is 0.454 e. The highest BCUT2D eigenvalue weighted by Crippen LogP contribution is 2.32. The Morgan fingerprint density at radius 2 is 2.18 bits per heavy atom. The van der Waals surface area contributed by atoms with Crippen molar-refractivity contribution in [2.45, 2.75) is 13.5 Å². The number of amides is 1. The van der Waals surface area contributed by atoms with Crippen LogP contribution in [0.2, 0.25) is 0 Å². The van der Waals surface area contributed by atoms with Gasteiger partial charge in [-0.25, -0.2) is 0 Å². The quantitative estimate of drug-likeness (QED) is 0.773. The third-order valence-corrected chi connectivity index (χ3v) is 2.89. The molecular formula is C12H14ClNO3. The van der Waals surface area contributed by atoms with Crippen LogP contribution in [0, 0.1) is 0 Å². The fraction of sp³-hybridized carbons (Fsp3) is 0.417. The first-order valence-corrected chi connectivity index (χ1v) is 6.00. The number of benzene rings is 1. The minimum Gasteiger partial charge on any atom is -0.454 e.